The Hall–Kier alpha value is -2.21. The summed E-state index contributed by atoms with van der Waals surface area (Å²) < 4.78 is 27.3. The summed E-state index contributed by atoms with van der Waals surface area (Å²) in [5.41, 5.74) is 0.0830. The molecule has 2 rings (SSSR count). The molecule has 7 heteroatoms. The van der Waals surface area contributed by atoms with Crippen LogP contribution < -0.4 is 5.32 Å². The number of hydrogen-bond acceptors (Lipinski definition) is 3. The Kier molecular flexibility index (Phi) is 4.37. The topological polar surface area (TPSA) is 55.2 Å². The quantitative estimate of drug-likeness (QED) is 0.657. The lowest BCUT2D eigenvalue weighted by molar-refractivity contribution is -0.384. The lowest BCUT2D eigenvalue weighted by atomic mass is 10.1. The number of rotatable bonds is 4. The van der Waals surface area contributed by atoms with Gasteiger partial charge in [0.15, 0.2) is 0 Å². The van der Waals surface area contributed by atoms with Crippen LogP contribution in [0.5, 0.6) is 0 Å². The van der Waals surface area contributed by atoms with Crippen molar-refractivity contribution in [2.75, 3.05) is 5.32 Å². The second-order valence-corrected chi connectivity index (χ2v) is 4.83. The predicted molar refractivity (Wildman–Crippen MR) is 76.5 cm³/mol. The third-order valence-electron chi connectivity index (χ3n) is 2.97. The highest BCUT2D eigenvalue weighted by molar-refractivity contribution is 6.33. The van der Waals surface area contributed by atoms with Gasteiger partial charge in [0.25, 0.3) is 5.69 Å². The molecule has 0 fully saturated rings. The van der Waals surface area contributed by atoms with E-state index < -0.39 is 22.6 Å². The lowest BCUT2D eigenvalue weighted by Crippen LogP contribution is -2.11. The summed E-state index contributed by atoms with van der Waals surface area (Å²) in [7, 11) is 0. The number of benzene rings is 2. The highest BCUT2D eigenvalue weighted by Crippen LogP contribution is 2.31. The number of halogens is 3. The van der Waals surface area contributed by atoms with Crippen molar-refractivity contribution in [3.63, 3.8) is 0 Å². The molecule has 21 heavy (non-hydrogen) atoms. The van der Waals surface area contributed by atoms with Crippen molar-refractivity contribution < 1.29 is 13.7 Å². The van der Waals surface area contributed by atoms with Crippen molar-refractivity contribution >= 4 is 23.0 Å². The van der Waals surface area contributed by atoms with Crippen molar-refractivity contribution in [2.24, 2.45) is 0 Å². The molecule has 0 radical (unpaired) electrons. The second kappa shape index (κ2) is 6.05. The Bertz CT molecular complexity index is 674. The van der Waals surface area contributed by atoms with E-state index in [0.29, 0.717) is 5.69 Å². The zero-order valence-corrected chi connectivity index (χ0v) is 11.7. The van der Waals surface area contributed by atoms with Gasteiger partial charge in [-0.3, -0.25) is 10.1 Å². The minimum absolute atomic E-state index is 0.104. The summed E-state index contributed by atoms with van der Waals surface area (Å²) >= 11 is 5.93. The number of anilines is 1. The Morgan fingerprint density at radius 2 is 1.86 bits per heavy atom. The molecule has 1 unspecified atom stereocenters. The first-order valence-electron chi connectivity index (χ1n) is 6.04. The molecule has 0 aromatic heterocycles. The average Bonchev–Trinajstić information content (AvgIpc) is 2.40. The van der Waals surface area contributed by atoms with E-state index in [1.807, 2.05) is 0 Å². The van der Waals surface area contributed by atoms with Gasteiger partial charge in [-0.1, -0.05) is 17.7 Å². The van der Waals surface area contributed by atoms with Crippen LogP contribution >= 0.6 is 11.6 Å². The van der Waals surface area contributed by atoms with Gasteiger partial charge in [-0.25, -0.2) is 8.78 Å². The van der Waals surface area contributed by atoms with Gasteiger partial charge in [-0.2, -0.15) is 0 Å². The lowest BCUT2D eigenvalue weighted by Gasteiger charge is -2.17. The third kappa shape index (κ3) is 3.28. The maximum Gasteiger partial charge on any atom is 0.271 e. The van der Waals surface area contributed by atoms with Gasteiger partial charge < -0.3 is 5.32 Å². The summed E-state index contributed by atoms with van der Waals surface area (Å²) in [4.78, 5) is 10.1. The molecule has 0 heterocycles. The van der Waals surface area contributed by atoms with E-state index in [1.54, 1.807) is 6.92 Å². The van der Waals surface area contributed by atoms with E-state index in [9.17, 15) is 18.9 Å². The molecular weight excluding hydrogens is 302 g/mol. The molecule has 0 aliphatic carbocycles. The molecule has 2 aromatic rings. The van der Waals surface area contributed by atoms with E-state index in [-0.39, 0.29) is 16.3 Å². The first-order chi connectivity index (χ1) is 9.90. The highest BCUT2D eigenvalue weighted by atomic mass is 35.5. The van der Waals surface area contributed by atoms with Crippen LogP contribution in [0.25, 0.3) is 0 Å². The summed E-state index contributed by atoms with van der Waals surface area (Å²) in [5, 5.41) is 13.6. The molecule has 1 N–H and O–H groups in total. The summed E-state index contributed by atoms with van der Waals surface area (Å²) in [6, 6.07) is 6.75. The Morgan fingerprint density at radius 1 is 1.24 bits per heavy atom. The normalized spacial score (nSPS) is 12.0. The smallest absolute Gasteiger partial charge is 0.271 e. The molecule has 0 aliphatic heterocycles. The molecule has 0 amide bonds. The zero-order valence-electron chi connectivity index (χ0n) is 10.9. The van der Waals surface area contributed by atoms with E-state index in [4.69, 9.17) is 11.6 Å². The third-order valence-corrected chi connectivity index (χ3v) is 3.28. The second-order valence-electron chi connectivity index (χ2n) is 4.42. The van der Waals surface area contributed by atoms with E-state index in [1.165, 1.54) is 24.3 Å². The van der Waals surface area contributed by atoms with Crippen LogP contribution in [-0.2, 0) is 0 Å². The molecule has 0 spiro atoms. The van der Waals surface area contributed by atoms with Gasteiger partial charge >= 0.3 is 0 Å². The minimum atomic E-state index is -0.690. The van der Waals surface area contributed by atoms with Crippen LogP contribution in [0.15, 0.2) is 36.4 Å². The van der Waals surface area contributed by atoms with Crippen molar-refractivity contribution in [2.45, 2.75) is 13.0 Å². The molecule has 1 atom stereocenters. The molecule has 0 saturated carbocycles. The number of nitrogens with zero attached hydrogens (tertiary/aromatic N) is 1. The van der Waals surface area contributed by atoms with Crippen LogP contribution in [0.2, 0.25) is 5.02 Å². The van der Waals surface area contributed by atoms with Crippen LogP contribution in [0.1, 0.15) is 18.5 Å². The maximum absolute atomic E-state index is 13.7. The number of non-ortho nitro benzene ring substituents is 1. The summed E-state index contributed by atoms with van der Waals surface area (Å²) in [5.74, 6) is -1.35. The monoisotopic (exact) mass is 312 g/mol. The zero-order chi connectivity index (χ0) is 15.6. The molecule has 0 aliphatic rings. The van der Waals surface area contributed by atoms with Gasteiger partial charge in [0.1, 0.15) is 11.6 Å². The van der Waals surface area contributed by atoms with Crippen LogP contribution in [0.3, 0.4) is 0 Å². The standard InChI is InChI=1S/C14H11ClF2N2O2/c1-8(14-11(16)3-2-4-12(14)17)18-13-6-5-9(19(20)21)7-10(13)15/h2-8,18H,1H3. The number of nitro groups is 1. The van der Waals surface area contributed by atoms with Gasteiger partial charge in [0.2, 0.25) is 0 Å². The summed E-state index contributed by atoms with van der Waals surface area (Å²) in [6.45, 7) is 1.57. The van der Waals surface area contributed by atoms with E-state index in [0.717, 1.165) is 12.1 Å². The van der Waals surface area contributed by atoms with Crippen LogP contribution in [-0.4, -0.2) is 4.92 Å². The SMILES string of the molecule is CC(Nc1ccc([N+](=O)[O-])cc1Cl)c1c(F)cccc1F. The molecule has 110 valence electrons. The van der Waals surface area contributed by atoms with Crippen molar-refractivity contribution in [3.05, 3.63) is 68.7 Å². The average molecular weight is 313 g/mol. The highest BCUT2D eigenvalue weighted by Gasteiger charge is 2.17. The van der Waals surface area contributed by atoms with Gasteiger partial charge in [-0.05, 0) is 25.1 Å². The predicted octanol–water partition coefficient (Wildman–Crippen LogP) is 4.70. The molecule has 0 saturated heterocycles. The molecule has 4 nitrogen and oxygen atoms in total. The number of nitro benzene ring substituents is 1. The maximum atomic E-state index is 13.7. The first kappa shape index (κ1) is 15.2. The summed E-state index contributed by atoms with van der Waals surface area (Å²) in [6.07, 6.45) is 0. The van der Waals surface area contributed by atoms with Crippen molar-refractivity contribution in [1.82, 2.24) is 0 Å². The fourth-order valence-corrected chi connectivity index (χ4v) is 2.19. The van der Waals surface area contributed by atoms with Gasteiger partial charge in [0, 0.05) is 17.7 Å². The largest absolute Gasteiger partial charge is 0.377 e. The van der Waals surface area contributed by atoms with Gasteiger partial charge in [0.05, 0.1) is 21.7 Å². The van der Waals surface area contributed by atoms with Crippen molar-refractivity contribution in [3.8, 4) is 0 Å². The van der Waals surface area contributed by atoms with E-state index in [2.05, 4.69) is 5.32 Å². The molecule has 2 aromatic carbocycles. The molecular formula is C14H11ClF2N2O2. The Morgan fingerprint density at radius 3 is 2.38 bits per heavy atom. The fourth-order valence-electron chi connectivity index (χ4n) is 1.96. The molecule has 0 bridgehead atoms. The van der Waals surface area contributed by atoms with Crippen molar-refractivity contribution in [1.29, 1.82) is 0 Å². The van der Waals surface area contributed by atoms with Crippen LogP contribution in [0.4, 0.5) is 20.2 Å². The number of hydrogen-bond donors (Lipinski definition) is 1. The minimum Gasteiger partial charge on any atom is -0.377 e. The Balaban J connectivity index is 2.28. The van der Waals surface area contributed by atoms with Gasteiger partial charge in [-0.15, -0.1) is 0 Å². The first-order valence-corrected chi connectivity index (χ1v) is 6.42. The number of nitrogens with one attached hydrogen (secondary N) is 1. The Labute approximate surface area is 124 Å². The van der Waals surface area contributed by atoms with Crippen LogP contribution in [0, 0.1) is 21.7 Å². The fraction of sp³-hybridized carbons (Fsp3) is 0.143. The van der Waals surface area contributed by atoms with E-state index >= 15 is 0 Å².